The van der Waals surface area contributed by atoms with Crippen molar-refractivity contribution in [2.24, 2.45) is 17.8 Å². The van der Waals surface area contributed by atoms with Gasteiger partial charge in [-0.25, -0.2) is 9.59 Å². The lowest BCUT2D eigenvalue weighted by Gasteiger charge is -2.63. The Balaban J connectivity index is 1.01. The lowest BCUT2D eigenvalue weighted by molar-refractivity contribution is -0.373. The number of hydrogen-bond donors (Lipinski definition) is 4. The number of carbonyl (C=O) groups is 6. The Bertz CT molecular complexity index is 3720. The summed E-state index contributed by atoms with van der Waals surface area (Å²) in [6, 6.07) is 20.9. The summed E-state index contributed by atoms with van der Waals surface area (Å²) in [6.45, 7) is 21.7. The van der Waals surface area contributed by atoms with Gasteiger partial charge in [-0.3, -0.25) is 19.2 Å². The lowest BCUT2D eigenvalue weighted by Crippen LogP contribution is -2.82. The summed E-state index contributed by atoms with van der Waals surface area (Å²) in [6.07, 6.45) is 4.72. The molecule has 3 saturated heterocycles. The first kappa shape index (κ1) is 67.6. The second-order valence-corrected chi connectivity index (χ2v) is 27.6. The van der Waals surface area contributed by atoms with E-state index in [0.717, 1.165) is 22.3 Å². The first-order chi connectivity index (χ1) is 44.6. The number of rotatable bonds is 21. The molecule has 4 N–H and O–H groups in total. The van der Waals surface area contributed by atoms with Crippen molar-refractivity contribution in [1.29, 1.82) is 0 Å². The molecule has 500 valence electrons. The smallest absolute Gasteiger partial charge is 0.343 e. The van der Waals surface area contributed by atoms with Crippen LogP contribution in [0.2, 0.25) is 0 Å². The van der Waals surface area contributed by atoms with E-state index in [9.17, 15) is 24.6 Å². The van der Waals surface area contributed by atoms with Gasteiger partial charge >= 0.3 is 17.9 Å². The van der Waals surface area contributed by atoms with Crippen LogP contribution in [0.5, 0.6) is 23.0 Å². The highest BCUT2D eigenvalue weighted by molar-refractivity contribution is 6.11. The molecule has 9 unspecified atom stereocenters. The maximum absolute atomic E-state index is 17.0. The van der Waals surface area contributed by atoms with Crippen LogP contribution in [0, 0.1) is 17.8 Å². The van der Waals surface area contributed by atoms with Gasteiger partial charge in [0.25, 0.3) is 0 Å². The minimum Gasteiger partial charge on any atom is -0.482 e. The average molecular weight is 1290 g/mol. The number of carbonyl (C=O) groups excluding carboxylic acids is 6. The van der Waals surface area contributed by atoms with Crippen LogP contribution in [0.3, 0.4) is 0 Å². The Morgan fingerprint density at radius 3 is 2.04 bits per heavy atom. The molecule has 14 atom stereocenters. The molecule has 8 aliphatic rings. The molecule has 6 fully saturated rings. The molecule has 20 heteroatoms. The number of aliphatic hydroxyl groups excluding tert-OH is 2. The zero-order chi connectivity index (χ0) is 67.4. The number of hydrogen-bond acceptors (Lipinski definition) is 19. The molecule has 5 aliphatic heterocycles. The third-order valence-corrected chi connectivity index (χ3v) is 19.2. The van der Waals surface area contributed by atoms with E-state index in [1.807, 2.05) is 121 Å². The van der Waals surface area contributed by atoms with Gasteiger partial charge in [-0.05, 0) is 156 Å². The summed E-state index contributed by atoms with van der Waals surface area (Å²) < 4.78 is 64.1. The van der Waals surface area contributed by atoms with Crippen LogP contribution >= 0.6 is 0 Å². The maximum Gasteiger partial charge on any atom is 0.343 e. The summed E-state index contributed by atoms with van der Waals surface area (Å²) in [7, 11) is 0. The molecule has 4 aromatic rings. The number of ketones is 2. The molecule has 3 saturated carbocycles. The minimum atomic E-state index is -1.98. The normalized spacial score (nSPS) is 29.5. The highest BCUT2D eigenvalue weighted by atomic mass is 16.8. The van der Waals surface area contributed by atoms with Crippen molar-refractivity contribution >= 4 is 41.5 Å². The predicted molar refractivity (Wildman–Crippen MR) is 344 cm³/mol. The van der Waals surface area contributed by atoms with E-state index >= 15 is 14.4 Å². The molecule has 4 aromatic carbocycles. The number of allylic oxidation sites excluding steroid dienone is 4. The van der Waals surface area contributed by atoms with Crippen LogP contribution in [0.1, 0.15) is 152 Å². The summed E-state index contributed by atoms with van der Waals surface area (Å²) in [5.41, 5.74) is -1.60. The summed E-state index contributed by atoms with van der Waals surface area (Å²) in [4.78, 5) is 89.9. The van der Waals surface area contributed by atoms with Crippen molar-refractivity contribution < 1.29 is 86.3 Å². The number of fused-ring (bicyclic) bond motifs is 3. The molecule has 5 heterocycles. The Labute approximate surface area is 548 Å². The van der Waals surface area contributed by atoms with Gasteiger partial charge in [0.15, 0.2) is 34.3 Å². The Morgan fingerprint density at radius 2 is 1.40 bits per heavy atom. The van der Waals surface area contributed by atoms with E-state index in [4.69, 9.17) is 47.4 Å². The van der Waals surface area contributed by atoms with E-state index in [1.54, 1.807) is 39.8 Å². The molecule has 3 aliphatic carbocycles. The molecule has 94 heavy (non-hydrogen) atoms. The number of esters is 3. The van der Waals surface area contributed by atoms with Gasteiger partial charge < -0.3 is 68.2 Å². The third-order valence-electron chi connectivity index (χ3n) is 19.2. The number of Topliss-reactive ketones (excluding diaryl/α,β-unsaturated/α-hetero) is 2. The van der Waals surface area contributed by atoms with E-state index in [0.29, 0.717) is 18.4 Å². The fourth-order valence-electron chi connectivity index (χ4n) is 14.4. The van der Waals surface area contributed by atoms with Crippen molar-refractivity contribution in [1.82, 2.24) is 10.6 Å². The molecule has 1 amide bonds. The molecule has 4 bridgehead atoms. The fourth-order valence-corrected chi connectivity index (χ4v) is 14.4. The predicted octanol–water partition coefficient (Wildman–Crippen LogP) is 9.67. The van der Waals surface area contributed by atoms with Crippen molar-refractivity contribution in [3.63, 3.8) is 0 Å². The van der Waals surface area contributed by atoms with Gasteiger partial charge in [0.1, 0.15) is 78.1 Å². The van der Waals surface area contributed by atoms with Gasteiger partial charge in [-0.15, -0.1) is 0 Å². The standard InChI is InChI=1S/C74H86N2O18/c1-40(2)20-19-33-72(12)34-32-50-60(92-72)49(30-25-41(3)4)62-54(61(50)90-68(84)47-26-28-48(29-27-47)88-69-59(79)58(78)63-52(89-69)39-87-71(10,11)91-63)57(77)55-56(75-43(6)66(82)85-37-45-21-15-13-16-22-45)51-36-53-70(8,9)94-73(64(51)80,74(53,55)93-62)35-31-42(5)65(81)76-44(7)67(83)86-38-46-23-17-14-18-24-46/h13-18,20-29,31-32,34,43-44,51-53,55-56,58-59,63,69,75,78-79H,19,30,33,35-39H2,1-12H3,(H,76,81)/t43?,44?,51?,52-,53?,55?,56?,58-,59-,63-,69-,72?,73?,74?/m1/s1. The second-order valence-electron chi connectivity index (χ2n) is 27.6. The number of benzene rings is 4. The zero-order valence-electron chi connectivity index (χ0n) is 55.4. The van der Waals surface area contributed by atoms with Crippen molar-refractivity contribution in [3.05, 3.63) is 159 Å². The Hall–Kier alpha value is -7.82. The fraction of sp³-hybridized carbons (Fsp3) is 0.486. The lowest BCUT2D eigenvalue weighted by atomic mass is 9.45. The average Bonchev–Trinajstić information content (AvgIpc) is 1.45. The number of amides is 1. The van der Waals surface area contributed by atoms with Gasteiger partial charge in [0, 0.05) is 35.4 Å². The van der Waals surface area contributed by atoms with Crippen LogP contribution in [-0.4, -0.2) is 129 Å². The number of ether oxygens (including phenoxy) is 10. The SMILES string of the molecule is CC(C)=CCCC1(C)C=Cc2c(c(CC=C(C)C)c3c(c2OC(=O)c2ccc(O[C@@H]4O[C@@H]5COC(C)(C)O[C@H]5[C@H](O)[C@H]4O)cc2)C(=O)C2C(NC(C)C(=O)OCc4ccccc4)C4CC5C(C)(C)OC(CC=C(C)C(=O)NC(C)C(=O)OCc6ccccc6)(C4=O)C25O3)O1. The summed E-state index contributed by atoms with van der Waals surface area (Å²) in [5, 5.41) is 28.4. The van der Waals surface area contributed by atoms with Crippen molar-refractivity contribution in [3.8, 4) is 23.0 Å². The van der Waals surface area contributed by atoms with Crippen molar-refractivity contribution in [2.45, 2.75) is 205 Å². The Morgan fingerprint density at radius 1 is 0.766 bits per heavy atom. The second kappa shape index (κ2) is 26.4. The van der Waals surface area contributed by atoms with Crippen LogP contribution in [-0.2, 0) is 67.2 Å². The van der Waals surface area contributed by atoms with E-state index in [1.165, 1.54) is 31.2 Å². The molecule has 12 rings (SSSR count). The topological polar surface area (TPSA) is 259 Å². The quantitative estimate of drug-likeness (QED) is 0.0262. The minimum absolute atomic E-state index is 0.000258. The van der Waals surface area contributed by atoms with Crippen LogP contribution in [0.4, 0.5) is 0 Å². The molecule has 1 spiro atoms. The summed E-state index contributed by atoms with van der Waals surface area (Å²) >= 11 is 0. The molecular formula is C74H86N2O18. The molecular weight excluding hydrogens is 1200 g/mol. The largest absolute Gasteiger partial charge is 0.482 e. The number of nitrogens with one attached hydrogen (secondary N) is 2. The molecule has 0 radical (unpaired) electrons. The highest BCUT2D eigenvalue weighted by Gasteiger charge is 2.85. The van der Waals surface area contributed by atoms with E-state index in [2.05, 4.69) is 16.7 Å². The van der Waals surface area contributed by atoms with Gasteiger partial charge in [-0.2, -0.15) is 0 Å². The number of aliphatic hydroxyl groups is 2. The molecule has 20 nitrogen and oxygen atoms in total. The zero-order valence-corrected chi connectivity index (χ0v) is 55.4. The monoisotopic (exact) mass is 1290 g/mol. The van der Waals surface area contributed by atoms with Crippen LogP contribution in [0.15, 0.2) is 126 Å². The molecule has 0 aromatic heterocycles. The summed E-state index contributed by atoms with van der Waals surface area (Å²) in [5.74, 6) is -7.52. The van der Waals surface area contributed by atoms with Crippen LogP contribution in [0.25, 0.3) is 6.08 Å². The van der Waals surface area contributed by atoms with Crippen LogP contribution < -0.4 is 29.6 Å². The van der Waals surface area contributed by atoms with Gasteiger partial charge in [-0.1, -0.05) is 90.0 Å². The van der Waals surface area contributed by atoms with E-state index in [-0.39, 0.29) is 84.3 Å². The van der Waals surface area contributed by atoms with Crippen molar-refractivity contribution in [2.75, 3.05) is 6.61 Å². The highest BCUT2D eigenvalue weighted by Crippen LogP contribution is 2.71. The first-order valence-electron chi connectivity index (χ1n) is 32.4. The Kier molecular flexibility index (Phi) is 19.0. The van der Waals surface area contributed by atoms with Gasteiger partial charge in [0.2, 0.25) is 12.2 Å². The van der Waals surface area contributed by atoms with E-state index < -0.39 is 130 Å². The van der Waals surface area contributed by atoms with Gasteiger partial charge in [0.05, 0.1) is 29.3 Å². The first-order valence-corrected chi connectivity index (χ1v) is 32.4. The third kappa shape index (κ3) is 12.9. The maximum atomic E-state index is 17.0.